The second-order valence-corrected chi connectivity index (χ2v) is 7.66. The maximum Gasteiger partial charge on any atom is 0.269 e. The van der Waals surface area contributed by atoms with Crippen molar-refractivity contribution in [2.24, 2.45) is 0 Å². The Morgan fingerprint density at radius 2 is 1.59 bits per heavy atom. The molecule has 0 spiro atoms. The van der Waals surface area contributed by atoms with Gasteiger partial charge in [0.05, 0.1) is 4.92 Å². The number of hydrogen-bond donors (Lipinski definition) is 3. The third-order valence-corrected chi connectivity index (χ3v) is 4.32. The van der Waals surface area contributed by atoms with E-state index in [1.807, 2.05) is 12.1 Å². The predicted molar refractivity (Wildman–Crippen MR) is 112 cm³/mol. The molecule has 0 atom stereocenters. The summed E-state index contributed by atoms with van der Waals surface area (Å²) in [5.41, 5.74) is 7.18. The molecule has 154 valence electrons. The van der Waals surface area contributed by atoms with Gasteiger partial charge in [0.1, 0.15) is 0 Å². The van der Waals surface area contributed by atoms with Gasteiger partial charge in [0.15, 0.2) is 0 Å². The molecule has 8 nitrogen and oxygen atoms in total. The Morgan fingerprint density at radius 1 is 0.966 bits per heavy atom. The van der Waals surface area contributed by atoms with Crippen LogP contribution in [-0.4, -0.2) is 23.3 Å². The van der Waals surface area contributed by atoms with Crippen molar-refractivity contribution >= 4 is 23.2 Å². The van der Waals surface area contributed by atoms with Gasteiger partial charge in [-0.2, -0.15) is 0 Å². The second kappa shape index (κ2) is 9.68. The van der Waals surface area contributed by atoms with Crippen molar-refractivity contribution in [3.8, 4) is 0 Å². The minimum atomic E-state index is -0.457. The predicted octanol–water partition coefficient (Wildman–Crippen LogP) is 3.55. The summed E-state index contributed by atoms with van der Waals surface area (Å²) < 4.78 is 0. The van der Waals surface area contributed by atoms with Gasteiger partial charge in [-0.05, 0) is 41.7 Å². The molecular weight excluding hydrogens is 372 g/mol. The smallest absolute Gasteiger partial charge is 0.269 e. The SMILES string of the molecule is CC(C)(C)c1ccc(C(=O)NNC(=O)CCCNc2ccc([N+](=O)[O-])cc2)cc1. The van der Waals surface area contributed by atoms with E-state index in [9.17, 15) is 19.7 Å². The number of amides is 2. The van der Waals surface area contributed by atoms with Crippen molar-refractivity contribution in [1.82, 2.24) is 10.9 Å². The second-order valence-electron chi connectivity index (χ2n) is 7.66. The zero-order valence-electron chi connectivity index (χ0n) is 16.8. The molecule has 0 fully saturated rings. The van der Waals surface area contributed by atoms with Crippen LogP contribution in [0, 0.1) is 10.1 Å². The fourth-order valence-electron chi connectivity index (χ4n) is 2.57. The molecule has 2 aromatic carbocycles. The summed E-state index contributed by atoms with van der Waals surface area (Å²) in [5.74, 6) is -0.669. The Kier molecular flexibility index (Phi) is 7.30. The molecule has 0 unspecified atom stereocenters. The van der Waals surface area contributed by atoms with Crippen LogP contribution in [0.5, 0.6) is 0 Å². The van der Waals surface area contributed by atoms with Crippen molar-refractivity contribution in [2.45, 2.75) is 39.0 Å². The summed E-state index contributed by atoms with van der Waals surface area (Å²) in [6.07, 6.45) is 0.766. The van der Waals surface area contributed by atoms with E-state index in [0.717, 1.165) is 11.3 Å². The normalized spacial score (nSPS) is 10.9. The van der Waals surface area contributed by atoms with Gasteiger partial charge in [-0.1, -0.05) is 32.9 Å². The third kappa shape index (κ3) is 6.91. The van der Waals surface area contributed by atoms with E-state index in [4.69, 9.17) is 0 Å². The molecule has 0 aliphatic rings. The standard InChI is InChI=1S/C21H26N4O4/c1-21(2,3)16-8-6-15(7-9-16)20(27)24-23-19(26)5-4-14-22-17-10-12-18(13-11-17)25(28)29/h6-13,22H,4-5,14H2,1-3H3,(H,23,26)(H,24,27). The number of nitro groups is 1. The first kappa shape index (κ1) is 21.9. The van der Waals surface area contributed by atoms with Gasteiger partial charge in [0.2, 0.25) is 5.91 Å². The molecule has 2 aromatic rings. The summed E-state index contributed by atoms with van der Waals surface area (Å²) in [7, 11) is 0. The van der Waals surface area contributed by atoms with Crippen LogP contribution in [0.25, 0.3) is 0 Å². The molecule has 0 bridgehead atoms. The van der Waals surface area contributed by atoms with Crippen molar-refractivity contribution in [1.29, 1.82) is 0 Å². The maximum absolute atomic E-state index is 12.1. The maximum atomic E-state index is 12.1. The van der Waals surface area contributed by atoms with Gasteiger partial charge in [0, 0.05) is 36.3 Å². The Bertz CT molecular complexity index is 856. The first-order valence-corrected chi connectivity index (χ1v) is 9.35. The average molecular weight is 398 g/mol. The summed E-state index contributed by atoms with van der Waals surface area (Å²) in [6, 6.07) is 13.3. The lowest BCUT2D eigenvalue weighted by molar-refractivity contribution is -0.384. The number of non-ortho nitro benzene ring substituents is 1. The lowest BCUT2D eigenvalue weighted by Crippen LogP contribution is -2.41. The van der Waals surface area contributed by atoms with Crippen molar-refractivity contribution in [3.63, 3.8) is 0 Å². The number of benzene rings is 2. The number of carbonyl (C=O) groups is 2. The van der Waals surface area contributed by atoms with Gasteiger partial charge >= 0.3 is 0 Å². The van der Waals surface area contributed by atoms with Crippen LogP contribution in [0.4, 0.5) is 11.4 Å². The number of nitrogens with zero attached hydrogens (tertiary/aromatic N) is 1. The summed E-state index contributed by atoms with van der Waals surface area (Å²) in [6.45, 7) is 6.81. The van der Waals surface area contributed by atoms with Gasteiger partial charge in [-0.3, -0.25) is 30.6 Å². The molecule has 0 aliphatic heterocycles. The molecular formula is C21H26N4O4. The highest BCUT2D eigenvalue weighted by Crippen LogP contribution is 2.22. The van der Waals surface area contributed by atoms with E-state index in [1.165, 1.54) is 12.1 Å². The molecule has 3 N–H and O–H groups in total. The molecule has 0 aliphatic carbocycles. The Balaban J connectivity index is 1.68. The third-order valence-electron chi connectivity index (χ3n) is 4.32. The highest BCUT2D eigenvalue weighted by Gasteiger charge is 2.14. The van der Waals surface area contributed by atoms with E-state index >= 15 is 0 Å². The molecule has 0 saturated carbocycles. The van der Waals surface area contributed by atoms with E-state index < -0.39 is 4.92 Å². The van der Waals surface area contributed by atoms with E-state index in [1.54, 1.807) is 24.3 Å². The Morgan fingerprint density at radius 3 is 2.14 bits per heavy atom. The molecule has 0 radical (unpaired) electrons. The molecule has 0 aromatic heterocycles. The molecule has 2 amide bonds. The minimum absolute atomic E-state index is 0.00568. The number of anilines is 1. The number of hydrogen-bond acceptors (Lipinski definition) is 5. The lowest BCUT2D eigenvalue weighted by atomic mass is 9.87. The van der Waals surface area contributed by atoms with Crippen LogP contribution in [0.3, 0.4) is 0 Å². The number of carbonyl (C=O) groups excluding carboxylic acids is 2. The van der Waals surface area contributed by atoms with Crippen LogP contribution >= 0.6 is 0 Å². The van der Waals surface area contributed by atoms with Crippen LogP contribution in [0.15, 0.2) is 48.5 Å². The lowest BCUT2D eigenvalue weighted by Gasteiger charge is -2.19. The summed E-state index contributed by atoms with van der Waals surface area (Å²) in [4.78, 5) is 34.1. The minimum Gasteiger partial charge on any atom is -0.385 e. The van der Waals surface area contributed by atoms with Gasteiger partial charge < -0.3 is 5.32 Å². The van der Waals surface area contributed by atoms with E-state index in [-0.39, 0.29) is 29.3 Å². The molecule has 2 rings (SSSR count). The monoisotopic (exact) mass is 398 g/mol. The fourth-order valence-corrected chi connectivity index (χ4v) is 2.57. The van der Waals surface area contributed by atoms with Crippen molar-refractivity contribution < 1.29 is 14.5 Å². The summed E-state index contributed by atoms with van der Waals surface area (Å²) in [5, 5.41) is 13.7. The van der Waals surface area contributed by atoms with Crippen LogP contribution in [0.2, 0.25) is 0 Å². The zero-order valence-corrected chi connectivity index (χ0v) is 16.8. The first-order chi connectivity index (χ1) is 13.7. The largest absolute Gasteiger partial charge is 0.385 e. The first-order valence-electron chi connectivity index (χ1n) is 9.35. The fraction of sp³-hybridized carbons (Fsp3) is 0.333. The highest BCUT2D eigenvalue weighted by molar-refractivity contribution is 5.95. The quantitative estimate of drug-likeness (QED) is 0.375. The summed E-state index contributed by atoms with van der Waals surface area (Å²) >= 11 is 0. The van der Waals surface area contributed by atoms with Crippen molar-refractivity contribution in [3.05, 3.63) is 69.8 Å². The highest BCUT2D eigenvalue weighted by atomic mass is 16.6. The van der Waals surface area contributed by atoms with Gasteiger partial charge in [-0.15, -0.1) is 0 Å². The van der Waals surface area contributed by atoms with Crippen molar-refractivity contribution in [2.75, 3.05) is 11.9 Å². The van der Waals surface area contributed by atoms with Gasteiger partial charge in [-0.25, -0.2) is 0 Å². The van der Waals surface area contributed by atoms with E-state index in [0.29, 0.717) is 18.5 Å². The number of hydrazine groups is 1. The average Bonchev–Trinajstić information content (AvgIpc) is 2.69. The van der Waals surface area contributed by atoms with E-state index in [2.05, 4.69) is 36.9 Å². The van der Waals surface area contributed by atoms with Gasteiger partial charge in [0.25, 0.3) is 11.6 Å². The Labute approximate surface area is 169 Å². The Hall–Kier alpha value is -3.42. The number of rotatable bonds is 7. The molecule has 8 heteroatoms. The van der Waals surface area contributed by atoms with Crippen LogP contribution in [0.1, 0.15) is 49.5 Å². The topological polar surface area (TPSA) is 113 Å². The molecule has 0 saturated heterocycles. The number of nitrogens with one attached hydrogen (secondary N) is 3. The van der Waals surface area contributed by atoms with Crippen LogP contribution < -0.4 is 16.2 Å². The van der Waals surface area contributed by atoms with Crippen LogP contribution in [-0.2, 0) is 10.2 Å². The molecule has 0 heterocycles. The molecule has 29 heavy (non-hydrogen) atoms. The zero-order chi connectivity index (χ0) is 21.4. The number of nitro benzene ring substituents is 1.